The van der Waals surface area contributed by atoms with Gasteiger partial charge in [-0.1, -0.05) is 49.9 Å². The van der Waals surface area contributed by atoms with Gasteiger partial charge in [-0.05, 0) is 17.9 Å². The van der Waals surface area contributed by atoms with Gasteiger partial charge >= 0.3 is 0 Å². The van der Waals surface area contributed by atoms with Crippen molar-refractivity contribution in [3.05, 3.63) is 35.2 Å². The maximum atomic E-state index is 11.1. The molecule has 6 heteroatoms. The van der Waals surface area contributed by atoms with Crippen LogP contribution in [0.2, 0.25) is 0 Å². The van der Waals surface area contributed by atoms with Gasteiger partial charge in [-0.25, -0.2) is 4.98 Å². The van der Waals surface area contributed by atoms with Crippen LogP contribution in [0.5, 0.6) is 0 Å². The van der Waals surface area contributed by atoms with Gasteiger partial charge in [0.1, 0.15) is 0 Å². The molecule has 1 aromatic carbocycles. The molecule has 2 heterocycles. The number of thiazole rings is 1. The Bertz CT molecular complexity index is 704. The van der Waals surface area contributed by atoms with Crippen molar-refractivity contribution < 1.29 is 4.79 Å². The first-order chi connectivity index (χ1) is 10.6. The molecule has 2 aromatic rings. The summed E-state index contributed by atoms with van der Waals surface area (Å²) in [5.74, 6) is 1.10. The Kier molecular flexibility index (Phi) is 4.59. The van der Waals surface area contributed by atoms with E-state index in [-0.39, 0.29) is 5.91 Å². The molecule has 0 spiro atoms. The predicted molar refractivity (Wildman–Crippen MR) is 93.8 cm³/mol. The zero-order valence-electron chi connectivity index (χ0n) is 12.5. The van der Waals surface area contributed by atoms with E-state index in [2.05, 4.69) is 53.4 Å². The summed E-state index contributed by atoms with van der Waals surface area (Å²) in [5, 5.41) is 6.03. The number of nitrogens with zero attached hydrogens (tertiary/aromatic N) is 2. The molecule has 4 nitrogen and oxygen atoms in total. The summed E-state index contributed by atoms with van der Waals surface area (Å²) in [4.78, 5) is 20.0. The van der Waals surface area contributed by atoms with Gasteiger partial charge < -0.3 is 5.32 Å². The lowest BCUT2D eigenvalue weighted by Crippen LogP contribution is -2.19. The molecular formula is C16H17N3OS2. The lowest BCUT2D eigenvalue weighted by Gasteiger charge is -2.05. The number of carbonyl (C=O) groups is 1. The molecule has 3 rings (SSSR count). The predicted octanol–water partition coefficient (Wildman–Crippen LogP) is 3.86. The molecule has 114 valence electrons. The minimum absolute atomic E-state index is 0.00118. The molecule has 1 saturated heterocycles. The molecule has 1 aliphatic heterocycles. The van der Waals surface area contributed by atoms with E-state index in [1.165, 1.54) is 28.7 Å². The van der Waals surface area contributed by atoms with E-state index >= 15 is 0 Å². The second kappa shape index (κ2) is 6.62. The fourth-order valence-electron chi connectivity index (χ4n) is 2.20. The molecule has 1 aromatic heterocycles. The van der Waals surface area contributed by atoms with E-state index in [1.807, 2.05) is 5.38 Å². The van der Waals surface area contributed by atoms with Gasteiger partial charge in [0.05, 0.1) is 11.4 Å². The number of hydrogen-bond donors (Lipinski definition) is 1. The van der Waals surface area contributed by atoms with Crippen molar-refractivity contribution in [1.29, 1.82) is 0 Å². The largest absolute Gasteiger partial charge is 0.304 e. The van der Waals surface area contributed by atoms with Crippen LogP contribution in [0.3, 0.4) is 0 Å². The van der Waals surface area contributed by atoms with E-state index in [9.17, 15) is 4.79 Å². The van der Waals surface area contributed by atoms with Crippen molar-refractivity contribution in [2.45, 2.75) is 20.3 Å². The highest BCUT2D eigenvalue weighted by molar-refractivity contribution is 8.15. The highest BCUT2D eigenvalue weighted by atomic mass is 32.2. The number of benzene rings is 1. The second-order valence-corrected chi connectivity index (χ2v) is 7.36. The van der Waals surface area contributed by atoms with Crippen LogP contribution in [-0.4, -0.2) is 21.8 Å². The monoisotopic (exact) mass is 331 g/mol. The van der Waals surface area contributed by atoms with Crippen LogP contribution in [0, 0.1) is 5.92 Å². The topological polar surface area (TPSA) is 54.4 Å². The fourth-order valence-corrected chi connectivity index (χ4v) is 3.64. The molecular weight excluding hydrogens is 314 g/mol. The number of rotatable bonds is 4. The summed E-state index contributed by atoms with van der Waals surface area (Å²) < 4.78 is 0. The van der Waals surface area contributed by atoms with Crippen LogP contribution in [0.4, 0.5) is 5.13 Å². The van der Waals surface area contributed by atoms with Crippen molar-refractivity contribution in [2.24, 2.45) is 10.9 Å². The number of aliphatic imine (C=N–C) groups is 1. The lowest BCUT2D eigenvalue weighted by atomic mass is 10.0. The van der Waals surface area contributed by atoms with Crippen LogP contribution in [0.25, 0.3) is 11.3 Å². The van der Waals surface area contributed by atoms with E-state index in [1.54, 1.807) is 0 Å². The number of amides is 1. The summed E-state index contributed by atoms with van der Waals surface area (Å²) in [5.41, 5.74) is 3.37. The first-order valence-corrected chi connectivity index (χ1v) is 9.03. The molecule has 1 aliphatic rings. The zero-order valence-corrected chi connectivity index (χ0v) is 14.1. The number of thioether (sulfide) groups is 1. The first-order valence-electron chi connectivity index (χ1n) is 7.16. The normalized spacial score (nSPS) is 16.5. The molecule has 0 unspecified atom stereocenters. The number of amidine groups is 1. The van der Waals surface area contributed by atoms with E-state index < -0.39 is 0 Å². The van der Waals surface area contributed by atoms with Crippen LogP contribution < -0.4 is 5.32 Å². The van der Waals surface area contributed by atoms with E-state index in [0.717, 1.165) is 17.7 Å². The van der Waals surface area contributed by atoms with Crippen LogP contribution in [0.1, 0.15) is 19.4 Å². The summed E-state index contributed by atoms with van der Waals surface area (Å²) in [7, 11) is 0. The Morgan fingerprint density at radius 2 is 2.09 bits per heavy atom. The smallest absolute Gasteiger partial charge is 0.236 e. The minimum atomic E-state index is 0.00118. The third-order valence-corrected chi connectivity index (χ3v) is 4.78. The summed E-state index contributed by atoms with van der Waals surface area (Å²) in [6, 6.07) is 8.53. The maximum absolute atomic E-state index is 11.1. The van der Waals surface area contributed by atoms with Gasteiger partial charge in [0, 0.05) is 10.9 Å². The van der Waals surface area contributed by atoms with Gasteiger partial charge in [0.25, 0.3) is 0 Å². The van der Waals surface area contributed by atoms with Crippen LogP contribution in [0.15, 0.2) is 34.6 Å². The molecule has 0 bridgehead atoms. The van der Waals surface area contributed by atoms with Crippen molar-refractivity contribution in [2.75, 3.05) is 5.75 Å². The van der Waals surface area contributed by atoms with Crippen LogP contribution in [-0.2, 0) is 11.2 Å². The third-order valence-electron chi connectivity index (χ3n) is 3.17. The molecule has 0 radical (unpaired) electrons. The Hall–Kier alpha value is -1.66. The minimum Gasteiger partial charge on any atom is -0.304 e. The zero-order chi connectivity index (χ0) is 15.5. The molecule has 22 heavy (non-hydrogen) atoms. The lowest BCUT2D eigenvalue weighted by molar-refractivity contribution is -0.116. The quantitative estimate of drug-likeness (QED) is 0.925. The van der Waals surface area contributed by atoms with Gasteiger partial charge in [-0.2, -0.15) is 4.99 Å². The summed E-state index contributed by atoms with van der Waals surface area (Å²) in [6.07, 6.45) is 1.09. The van der Waals surface area contributed by atoms with Crippen molar-refractivity contribution in [1.82, 2.24) is 10.3 Å². The number of aromatic nitrogens is 1. The van der Waals surface area contributed by atoms with Crippen molar-refractivity contribution in [3.8, 4) is 11.3 Å². The Balaban J connectivity index is 1.74. The summed E-state index contributed by atoms with van der Waals surface area (Å²) in [6.45, 7) is 4.44. The van der Waals surface area contributed by atoms with Crippen molar-refractivity contribution in [3.63, 3.8) is 0 Å². The summed E-state index contributed by atoms with van der Waals surface area (Å²) >= 11 is 2.90. The molecule has 0 aliphatic carbocycles. The molecule has 0 atom stereocenters. The Labute approximate surface area is 138 Å². The Morgan fingerprint density at radius 3 is 2.73 bits per heavy atom. The first kappa shape index (κ1) is 15.2. The average Bonchev–Trinajstić information content (AvgIpc) is 3.09. The van der Waals surface area contributed by atoms with Gasteiger partial charge in [0.2, 0.25) is 11.0 Å². The second-order valence-electron chi connectivity index (χ2n) is 5.56. The SMILES string of the molecule is CC(C)Cc1ccc(-c2csc(/N=C3\NC(=O)CS3)n2)cc1. The number of carbonyl (C=O) groups excluding carboxylic acids is 1. The van der Waals surface area contributed by atoms with Crippen molar-refractivity contribution >= 4 is 39.3 Å². The molecule has 1 amide bonds. The van der Waals surface area contributed by atoms with E-state index in [4.69, 9.17) is 0 Å². The Morgan fingerprint density at radius 1 is 1.32 bits per heavy atom. The third kappa shape index (κ3) is 3.75. The average molecular weight is 331 g/mol. The van der Waals surface area contributed by atoms with Crippen LogP contribution >= 0.6 is 23.1 Å². The standard InChI is InChI=1S/C16H17N3OS2/c1-10(2)7-11-3-5-12(6-4-11)13-8-21-15(17-13)19-16-18-14(20)9-22-16/h3-6,8,10H,7,9H2,1-2H3,(H,17,18,19,20). The maximum Gasteiger partial charge on any atom is 0.236 e. The molecule has 1 fully saturated rings. The molecule has 1 N–H and O–H groups in total. The number of hydrogen-bond acceptors (Lipinski definition) is 5. The van der Waals surface area contributed by atoms with E-state index in [0.29, 0.717) is 22.0 Å². The number of nitrogens with one attached hydrogen (secondary N) is 1. The fraction of sp³-hybridized carbons (Fsp3) is 0.312. The highest BCUT2D eigenvalue weighted by Crippen LogP contribution is 2.28. The van der Waals surface area contributed by atoms with Gasteiger partial charge in [0.15, 0.2) is 5.17 Å². The van der Waals surface area contributed by atoms with Gasteiger partial charge in [-0.15, -0.1) is 11.3 Å². The molecule has 0 saturated carbocycles. The van der Waals surface area contributed by atoms with Gasteiger partial charge in [-0.3, -0.25) is 4.79 Å². The highest BCUT2D eigenvalue weighted by Gasteiger charge is 2.17.